The van der Waals surface area contributed by atoms with Crippen LogP contribution in [0.5, 0.6) is 0 Å². The van der Waals surface area contributed by atoms with E-state index in [1.165, 1.54) is 29.5 Å². The van der Waals surface area contributed by atoms with Gasteiger partial charge in [0.2, 0.25) is 0 Å². The Morgan fingerprint density at radius 3 is 2.47 bits per heavy atom. The molecule has 0 aromatic heterocycles. The van der Waals surface area contributed by atoms with Gasteiger partial charge in [-0.15, -0.1) is 0 Å². The maximum Gasteiger partial charge on any atom is 0.0856 e. The van der Waals surface area contributed by atoms with Crippen LogP contribution in [-0.4, -0.2) is 13.2 Å². The fraction of sp³-hybridized carbons (Fsp3) is 0.647. The molecule has 2 nitrogen and oxygen atoms in total. The summed E-state index contributed by atoms with van der Waals surface area (Å²) in [5, 5.41) is 0. The molecular weight excluding hydrogens is 234 g/mol. The molecule has 19 heavy (non-hydrogen) atoms. The van der Waals surface area contributed by atoms with Crippen LogP contribution in [0.3, 0.4) is 0 Å². The number of benzene rings is 1. The van der Waals surface area contributed by atoms with Crippen molar-refractivity contribution < 1.29 is 4.74 Å². The molecule has 2 rings (SSSR count). The number of nitrogens with two attached hydrogens (primary N) is 1. The van der Waals surface area contributed by atoms with Crippen LogP contribution in [0.1, 0.15) is 56.4 Å². The zero-order valence-electron chi connectivity index (χ0n) is 12.7. The fourth-order valence-corrected chi connectivity index (χ4v) is 2.54. The van der Waals surface area contributed by atoms with Crippen LogP contribution < -0.4 is 5.73 Å². The zero-order valence-corrected chi connectivity index (χ0v) is 12.7. The lowest BCUT2D eigenvalue weighted by Gasteiger charge is -2.24. The van der Waals surface area contributed by atoms with E-state index >= 15 is 0 Å². The molecule has 0 aliphatic heterocycles. The number of hydrogen-bond donors (Lipinski definition) is 1. The molecule has 0 bridgehead atoms. The Hall–Kier alpha value is -0.860. The maximum atomic E-state index is 5.98. The van der Waals surface area contributed by atoms with Crippen LogP contribution in [0.25, 0.3) is 0 Å². The summed E-state index contributed by atoms with van der Waals surface area (Å²) in [4.78, 5) is 0. The van der Waals surface area contributed by atoms with Crippen LogP contribution in [0.15, 0.2) is 18.2 Å². The first-order chi connectivity index (χ1) is 8.93. The van der Waals surface area contributed by atoms with Gasteiger partial charge in [0.05, 0.1) is 12.7 Å². The first-order valence-corrected chi connectivity index (χ1v) is 7.36. The van der Waals surface area contributed by atoms with Crippen molar-refractivity contribution in [2.45, 2.75) is 52.1 Å². The smallest absolute Gasteiger partial charge is 0.0856 e. The molecule has 0 spiro atoms. The standard InChI is InChI=1S/C17H27NO/c1-12-11-14(17(2,3)4)7-8-15(12)16(13-5-6-13)19-10-9-18/h7-8,11,13,16H,5-6,9-10,18H2,1-4H3. The lowest BCUT2D eigenvalue weighted by molar-refractivity contribution is 0.0420. The third-order valence-electron chi connectivity index (χ3n) is 3.91. The molecule has 1 aliphatic carbocycles. The lowest BCUT2D eigenvalue weighted by Crippen LogP contribution is -2.16. The average molecular weight is 261 g/mol. The molecule has 2 N–H and O–H groups in total. The van der Waals surface area contributed by atoms with Gasteiger partial charge in [-0.1, -0.05) is 39.0 Å². The second-order valence-electron chi connectivity index (χ2n) is 6.74. The van der Waals surface area contributed by atoms with Gasteiger partial charge in [-0.2, -0.15) is 0 Å². The normalized spacial score (nSPS) is 17.5. The summed E-state index contributed by atoms with van der Waals surface area (Å²) < 4.78 is 5.98. The van der Waals surface area contributed by atoms with Gasteiger partial charge in [-0.3, -0.25) is 0 Å². The van der Waals surface area contributed by atoms with E-state index in [4.69, 9.17) is 10.5 Å². The highest BCUT2D eigenvalue weighted by atomic mass is 16.5. The Morgan fingerprint density at radius 1 is 1.32 bits per heavy atom. The molecule has 2 heteroatoms. The van der Waals surface area contributed by atoms with E-state index in [0.29, 0.717) is 19.1 Å². The molecule has 0 amide bonds. The van der Waals surface area contributed by atoms with Gasteiger partial charge in [0, 0.05) is 6.54 Å². The van der Waals surface area contributed by atoms with E-state index in [-0.39, 0.29) is 11.5 Å². The lowest BCUT2D eigenvalue weighted by atomic mass is 9.84. The van der Waals surface area contributed by atoms with Crippen molar-refractivity contribution in [1.29, 1.82) is 0 Å². The van der Waals surface area contributed by atoms with Crippen LogP contribution >= 0.6 is 0 Å². The van der Waals surface area contributed by atoms with E-state index in [1.807, 2.05) is 0 Å². The van der Waals surface area contributed by atoms with Crippen LogP contribution in [0.2, 0.25) is 0 Å². The Kier molecular flexibility index (Phi) is 4.32. The highest BCUT2D eigenvalue weighted by molar-refractivity contribution is 5.36. The molecule has 1 unspecified atom stereocenters. The molecule has 1 aliphatic rings. The van der Waals surface area contributed by atoms with Gasteiger partial charge in [0.1, 0.15) is 0 Å². The van der Waals surface area contributed by atoms with Crippen LogP contribution in [0, 0.1) is 12.8 Å². The Balaban J connectivity index is 2.23. The predicted octanol–water partition coefficient (Wildman–Crippen LogP) is 3.72. The van der Waals surface area contributed by atoms with Crippen LogP contribution in [-0.2, 0) is 10.2 Å². The van der Waals surface area contributed by atoms with Gasteiger partial charge in [0.15, 0.2) is 0 Å². The van der Waals surface area contributed by atoms with Crippen molar-refractivity contribution in [3.05, 3.63) is 34.9 Å². The van der Waals surface area contributed by atoms with Crippen LogP contribution in [0.4, 0.5) is 0 Å². The van der Waals surface area contributed by atoms with Crippen molar-refractivity contribution in [1.82, 2.24) is 0 Å². The third kappa shape index (κ3) is 3.58. The van der Waals surface area contributed by atoms with Crippen molar-refractivity contribution >= 4 is 0 Å². The van der Waals surface area contributed by atoms with Crippen molar-refractivity contribution in [3.63, 3.8) is 0 Å². The van der Waals surface area contributed by atoms with Gasteiger partial charge < -0.3 is 10.5 Å². The quantitative estimate of drug-likeness (QED) is 0.876. The van der Waals surface area contributed by atoms with E-state index in [2.05, 4.69) is 45.9 Å². The molecule has 1 fully saturated rings. The molecule has 106 valence electrons. The van der Waals surface area contributed by atoms with Gasteiger partial charge in [-0.25, -0.2) is 0 Å². The molecule has 0 heterocycles. The highest BCUT2D eigenvalue weighted by Gasteiger charge is 2.34. The minimum Gasteiger partial charge on any atom is -0.372 e. The predicted molar refractivity (Wildman–Crippen MR) is 80.4 cm³/mol. The van der Waals surface area contributed by atoms with E-state index in [0.717, 1.165) is 0 Å². The minimum absolute atomic E-state index is 0.205. The summed E-state index contributed by atoms with van der Waals surface area (Å²) in [7, 11) is 0. The second-order valence-corrected chi connectivity index (χ2v) is 6.74. The Labute approximate surface area is 117 Å². The zero-order chi connectivity index (χ0) is 14.0. The number of hydrogen-bond acceptors (Lipinski definition) is 2. The summed E-state index contributed by atoms with van der Waals surface area (Å²) in [6.45, 7) is 10.2. The summed E-state index contributed by atoms with van der Waals surface area (Å²) >= 11 is 0. The van der Waals surface area contributed by atoms with Crippen molar-refractivity contribution in [2.24, 2.45) is 11.7 Å². The molecule has 0 radical (unpaired) electrons. The molecule has 1 saturated carbocycles. The Morgan fingerprint density at radius 2 is 2.00 bits per heavy atom. The van der Waals surface area contributed by atoms with E-state index < -0.39 is 0 Å². The van der Waals surface area contributed by atoms with Gasteiger partial charge >= 0.3 is 0 Å². The summed E-state index contributed by atoms with van der Waals surface area (Å²) in [5.41, 5.74) is 9.86. The first-order valence-electron chi connectivity index (χ1n) is 7.36. The van der Waals surface area contributed by atoms with Crippen molar-refractivity contribution in [3.8, 4) is 0 Å². The SMILES string of the molecule is Cc1cc(C(C)(C)C)ccc1C(OCCN)C1CC1. The minimum atomic E-state index is 0.205. The van der Waals surface area contributed by atoms with Gasteiger partial charge in [-0.05, 0) is 47.8 Å². The summed E-state index contributed by atoms with van der Waals surface area (Å²) in [6.07, 6.45) is 2.82. The molecule has 1 aromatic rings. The monoisotopic (exact) mass is 261 g/mol. The first kappa shape index (κ1) is 14.5. The maximum absolute atomic E-state index is 5.98. The molecular formula is C17H27NO. The summed E-state index contributed by atoms with van der Waals surface area (Å²) in [5.74, 6) is 0.700. The van der Waals surface area contributed by atoms with Gasteiger partial charge in [0.25, 0.3) is 0 Å². The molecule has 1 atom stereocenters. The van der Waals surface area contributed by atoms with E-state index in [9.17, 15) is 0 Å². The molecule has 0 saturated heterocycles. The highest BCUT2D eigenvalue weighted by Crippen LogP contribution is 2.44. The topological polar surface area (TPSA) is 35.2 Å². The largest absolute Gasteiger partial charge is 0.372 e. The average Bonchev–Trinajstić information content (AvgIpc) is 3.14. The van der Waals surface area contributed by atoms with Crippen molar-refractivity contribution in [2.75, 3.05) is 13.2 Å². The van der Waals surface area contributed by atoms with E-state index in [1.54, 1.807) is 0 Å². The number of rotatable bonds is 5. The second kappa shape index (κ2) is 5.64. The Bertz CT molecular complexity index is 429. The third-order valence-corrected chi connectivity index (χ3v) is 3.91. The number of ether oxygens (including phenoxy) is 1. The number of aryl methyl sites for hydroxylation is 1. The summed E-state index contributed by atoms with van der Waals surface area (Å²) in [6, 6.07) is 6.83. The fourth-order valence-electron chi connectivity index (χ4n) is 2.54. The molecule has 1 aromatic carbocycles.